The van der Waals surface area contributed by atoms with Gasteiger partial charge in [0.05, 0.1) is 6.54 Å². The highest BCUT2D eigenvalue weighted by molar-refractivity contribution is 5.82. The Balaban J connectivity index is 0. The van der Waals surface area contributed by atoms with E-state index in [4.69, 9.17) is 21.7 Å². The van der Waals surface area contributed by atoms with Gasteiger partial charge in [-0.3, -0.25) is 14.4 Å². The fourth-order valence-electron chi connectivity index (χ4n) is 0.794. The van der Waals surface area contributed by atoms with Gasteiger partial charge >= 0.3 is 11.9 Å². The van der Waals surface area contributed by atoms with Gasteiger partial charge in [-0.05, 0) is 6.42 Å². The third-order valence-corrected chi connectivity index (χ3v) is 1.81. The van der Waals surface area contributed by atoms with Crippen LogP contribution in [0.2, 0.25) is 0 Å². The minimum atomic E-state index is -1.07. The van der Waals surface area contributed by atoms with Crippen LogP contribution in [0.25, 0.3) is 0 Å². The number of hydrogen-bond acceptors (Lipinski definition) is 5. The van der Waals surface area contributed by atoms with Crippen LogP contribution in [0, 0.1) is 0 Å². The zero-order valence-corrected chi connectivity index (χ0v) is 10.4. The van der Waals surface area contributed by atoms with Crippen molar-refractivity contribution < 1.29 is 24.6 Å². The molecule has 0 radical (unpaired) electrons. The number of unbranched alkanes of at least 4 members (excludes halogenated alkanes) is 1. The highest BCUT2D eigenvalue weighted by Crippen LogP contribution is 1.96. The summed E-state index contributed by atoms with van der Waals surface area (Å²) in [6, 6.07) is -0.662. The molecule has 0 aliphatic heterocycles. The third-order valence-electron chi connectivity index (χ3n) is 1.81. The van der Waals surface area contributed by atoms with Gasteiger partial charge < -0.3 is 27.0 Å². The van der Waals surface area contributed by atoms with Crippen LogP contribution in [0.5, 0.6) is 0 Å². The van der Waals surface area contributed by atoms with Gasteiger partial charge in [0.15, 0.2) is 0 Å². The first kappa shape index (κ1) is 18.7. The molecule has 0 aromatic rings. The largest absolute Gasteiger partial charge is 0.480 e. The molecule has 106 valence electrons. The fraction of sp³-hybridized carbons (Fsp3) is 0.700. The molecule has 0 aliphatic carbocycles. The maximum Gasteiger partial charge on any atom is 0.322 e. The topological polar surface area (TPSA) is 156 Å². The number of carboxylic acid groups (broad SMARTS) is 2. The lowest BCUT2D eigenvalue weighted by atomic mass is 10.1. The molecule has 0 saturated heterocycles. The molecule has 0 aliphatic rings. The Kier molecular flexibility index (Phi) is 12.3. The molecule has 0 rings (SSSR count). The van der Waals surface area contributed by atoms with Gasteiger partial charge in [-0.15, -0.1) is 0 Å². The maximum absolute atomic E-state index is 10.2. The van der Waals surface area contributed by atoms with E-state index in [2.05, 4.69) is 5.32 Å². The SMILES string of the molecule is CCCCC(N)C(=O)O.NCC(=O)NCC(=O)O. The molecular formula is C10H21N3O5. The Morgan fingerprint density at radius 1 is 1.28 bits per heavy atom. The summed E-state index contributed by atoms with van der Waals surface area (Å²) in [7, 11) is 0. The monoisotopic (exact) mass is 263 g/mol. The first-order valence-corrected chi connectivity index (χ1v) is 5.52. The molecule has 0 saturated carbocycles. The first-order chi connectivity index (χ1) is 8.34. The zero-order valence-electron chi connectivity index (χ0n) is 10.4. The quantitative estimate of drug-likeness (QED) is 0.383. The molecule has 0 bridgehead atoms. The number of nitrogens with two attached hydrogens (primary N) is 2. The molecule has 0 aromatic heterocycles. The van der Waals surface area contributed by atoms with E-state index in [0.29, 0.717) is 6.42 Å². The first-order valence-electron chi connectivity index (χ1n) is 5.52. The number of rotatable bonds is 7. The second-order valence-corrected chi connectivity index (χ2v) is 3.46. The summed E-state index contributed by atoms with van der Waals surface area (Å²) in [6.07, 6.45) is 2.49. The predicted molar refractivity (Wildman–Crippen MR) is 64.8 cm³/mol. The molecule has 0 heterocycles. The van der Waals surface area contributed by atoms with Crippen molar-refractivity contribution in [3.8, 4) is 0 Å². The maximum atomic E-state index is 10.2. The Bertz CT molecular complexity index is 270. The lowest BCUT2D eigenvalue weighted by Crippen LogP contribution is -2.34. The van der Waals surface area contributed by atoms with Crippen molar-refractivity contribution in [1.29, 1.82) is 0 Å². The van der Waals surface area contributed by atoms with Crippen LogP contribution in [0.15, 0.2) is 0 Å². The number of aliphatic carboxylic acids is 2. The smallest absolute Gasteiger partial charge is 0.322 e. The van der Waals surface area contributed by atoms with Gasteiger partial charge in [-0.2, -0.15) is 0 Å². The molecule has 8 heteroatoms. The average Bonchev–Trinajstić information content (AvgIpc) is 2.33. The van der Waals surface area contributed by atoms with Crippen LogP contribution in [0.1, 0.15) is 26.2 Å². The summed E-state index contributed by atoms with van der Waals surface area (Å²) in [4.78, 5) is 30.1. The van der Waals surface area contributed by atoms with Gasteiger partial charge in [0.1, 0.15) is 12.6 Å². The molecule has 0 fully saturated rings. The molecule has 1 atom stereocenters. The zero-order chi connectivity index (χ0) is 14.6. The highest BCUT2D eigenvalue weighted by Gasteiger charge is 2.08. The highest BCUT2D eigenvalue weighted by atomic mass is 16.4. The lowest BCUT2D eigenvalue weighted by molar-refractivity contribution is -0.139. The van der Waals surface area contributed by atoms with Crippen molar-refractivity contribution in [1.82, 2.24) is 5.32 Å². The van der Waals surface area contributed by atoms with Crippen molar-refractivity contribution in [3.63, 3.8) is 0 Å². The summed E-state index contributed by atoms with van der Waals surface area (Å²) in [5.74, 6) is -2.43. The number of carboxylic acids is 2. The van der Waals surface area contributed by atoms with Crippen LogP contribution >= 0.6 is 0 Å². The molecule has 1 amide bonds. The average molecular weight is 263 g/mol. The van der Waals surface area contributed by atoms with Crippen LogP contribution in [-0.2, 0) is 14.4 Å². The lowest BCUT2D eigenvalue weighted by Gasteiger charge is -2.02. The van der Waals surface area contributed by atoms with Crippen molar-refractivity contribution in [3.05, 3.63) is 0 Å². The van der Waals surface area contributed by atoms with Crippen molar-refractivity contribution >= 4 is 17.8 Å². The Labute approximate surface area is 105 Å². The number of nitrogens with one attached hydrogen (secondary N) is 1. The second-order valence-electron chi connectivity index (χ2n) is 3.46. The number of carbonyl (C=O) groups is 3. The third kappa shape index (κ3) is 14.3. The van der Waals surface area contributed by atoms with Crippen molar-refractivity contribution in [2.45, 2.75) is 32.2 Å². The fourth-order valence-corrected chi connectivity index (χ4v) is 0.794. The summed E-state index contributed by atoms with van der Waals surface area (Å²) in [5.41, 5.74) is 10.1. The second kappa shape index (κ2) is 11.8. The van der Waals surface area contributed by atoms with E-state index >= 15 is 0 Å². The molecular weight excluding hydrogens is 242 g/mol. The van der Waals surface area contributed by atoms with E-state index in [1.807, 2.05) is 6.92 Å². The van der Waals surface area contributed by atoms with Crippen molar-refractivity contribution in [2.75, 3.05) is 13.1 Å². The van der Waals surface area contributed by atoms with Gasteiger partial charge in [0.25, 0.3) is 0 Å². The van der Waals surface area contributed by atoms with E-state index in [1.165, 1.54) is 0 Å². The van der Waals surface area contributed by atoms with Gasteiger partial charge in [-0.1, -0.05) is 19.8 Å². The van der Waals surface area contributed by atoms with E-state index < -0.39 is 23.9 Å². The number of hydrogen-bond donors (Lipinski definition) is 5. The normalized spacial score (nSPS) is 10.8. The van der Waals surface area contributed by atoms with E-state index in [9.17, 15) is 14.4 Å². The minimum Gasteiger partial charge on any atom is -0.480 e. The number of carbonyl (C=O) groups excluding carboxylic acids is 1. The standard InChI is InChI=1S/C6H13NO2.C4H8N2O3/c1-2-3-4-5(7)6(8)9;5-1-3(7)6-2-4(8)9/h5H,2-4,7H2,1H3,(H,8,9);1-2,5H2,(H,6,7)(H,8,9). The molecule has 0 aromatic carbocycles. The van der Waals surface area contributed by atoms with E-state index in [1.54, 1.807) is 0 Å². The predicted octanol–water partition coefficient (Wildman–Crippen LogP) is -1.27. The summed E-state index contributed by atoms with van der Waals surface area (Å²) >= 11 is 0. The van der Waals surface area contributed by atoms with E-state index in [-0.39, 0.29) is 13.1 Å². The Hall–Kier alpha value is -1.67. The molecule has 0 spiro atoms. The van der Waals surface area contributed by atoms with Gasteiger partial charge in [0, 0.05) is 0 Å². The molecule has 8 nitrogen and oxygen atoms in total. The summed E-state index contributed by atoms with van der Waals surface area (Å²) in [5, 5.41) is 18.4. The van der Waals surface area contributed by atoms with Crippen LogP contribution in [-0.4, -0.2) is 47.2 Å². The van der Waals surface area contributed by atoms with Crippen LogP contribution in [0.4, 0.5) is 0 Å². The Morgan fingerprint density at radius 2 is 1.83 bits per heavy atom. The van der Waals surface area contributed by atoms with Crippen LogP contribution in [0.3, 0.4) is 0 Å². The van der Waals surface area contributed by atoms with Gasteiger partial charge in [-0.25, -0.2) is 0 Å². The van der Waals surface area contributed by atoms with Crippen LogP contribution < -0.4 is 16.8 Å². The van der Waals surface area contributed by atoms with Gasteiger partial charge in [0.2, 0.25) is 5.91 Å². The summed E-state index contributed by atoms with van der Waals surface area (Å²) in [6.45, 7) is 1.47. The summed E-state index contributed by atoms with van der Waals surface area (Å²) < 4.78 is 0. The number of amides is 1. The minimum absolute atomic E-state index is 0.173. The molecule has 1 unspecified atom stereocenters. The Morgan fingerprint density at radius 3 is 2.17 bits per heavy atom. The molecule has 18 heavy (non-hydrogen) atoms. The molecule has 7 N–H and O–H groups in total. The van der Waals surface area contributed by atoms with Crippen molar-refractivity contribution in [2.24, 2.45) is 11.5 Å². The van der Waals surface area contributed by atoms with E-state index in [0.717, 1.165) is 12.8 Å².